The van der Waals surface area contributed by atoms with Crippen LogP contribution in [0.4, 0.5) is 5.82 Å². The molecular weight excluding hydrogens is 334 g/mol. The molecule has 0 atom stereocenters. The molecule has 2 aromatic heterocycles. The quantitative estimate of drug-likeness (QED) is 0.722. The summed E-state index contributed by atoms with van der Waals surface area (Å²) in [5.41, 5.74) is 5.19. The van der Waals surface area contributed by atoms with Crippen LogP contribution in [0.5, 0.6) is 0 Å². The highest BCUT2D eigenvalue weighted by Crippen LogP contribution is 2.28. The number of aryl methyl sites for hydroxylation is 1. The Kier molecular flexibility index (Phi) is 3.92. The van der Waals surface area contributed by atoms with E-state index in [-0.39, 0.29) is 30.5 Å². The number of rotatable bonds is 4. The first-order chi connectivity index (χ1) is 12.6. The van der Waals surface area contributed by atoms with Crippen LogP contribution in [0.25, 0.3) is 22.8 Å². The van der Waals surface area contributed by atoms with Crippen LogP contribution in [0.3, 0.4) is 0 Å². The highest BCUT2D eigenvalue weighted by molar-refractivity contribution is 6.03. The highest BCUT2D eigenvalue weighted by atomic mass is 16.5. The lowest BCUT2D eigenvalue weighted by Gasteiger charge is -2.16. The molecule has 1 saturated heterocycles. The molecular formula is C18H15N5O3. The van der Waals surface area contributed by atoms with Gasteiger partial charge < -0.3 is 4.52 Å². The van der Waals surface area contributed by atoms with E-state index < -0.39 is 0 Å². The zero-order valence-corrected chi connectivity index (χ0v) is 14.0. The van der Waals surface area contributed by atoms with E-state index in [0.29, 0.717) is 17.2 Å². The maximum Gasteiger partial charge on any atom is 0.262 e. The molecule has 8 nitrogen and oxygen atoms in total. The van der Waals surface area contributed by atoms with Crippen molar-refractivity contribution in [2.45, 2.75) is 19.8 Å². The van der Waals surface area contributed by atoms with Crippen LogP contribution in [-0.4, -0.2) is 31.9 Å². The minimum Gasteiger partial charge on any atom is -0.333 e. The number of hydrogen-bond acceptors (Lipinski definition) is 7. The average Bonchev–Trinajstić information content (AvgIpc) is 3.25. The van der Waals surface area contributed by atoms with Crippen molar-refractivity contribution in [2.24, 2.45) is 0 Å². The van der Waals surface area contributed by atoms with Gasteiger partial charge in [0.25, 0.3) is 5.89 Å². The number of anilines is 1. The molecule has 1 N–H and O–H groups in total. The summed E-state index contributed by atoms with van der Waals surface area (Å²) >= 11 is 0. The SMILES string of the molecule is Cc1cccc(-c2noc(-c3cccnc3NN3C(=O)CCC3=O)n2)c1. The first-order valence-electron chi connectivity index (χ1n) is 8.10. The summed E-state index contributed by atoms with van der Waals surface area (Å²) in [6.45, 7) is 1.98. The zero-order chi connectivity index (χ0) is 18.1. The van der Waals surface area contributed by atoms with Gasteiger partial charge >= 0.3 is 0 Å². The van der Waals surface area contributed by atoms with Gasteiger partial charge in [0, 0.05) is 24.6 Å². The summed E-state index contributed by atoms with van der Waals surface area (Å²) in [5, 5.41) is 4.99. The molecule has 2 amide bonds. The predicted molar refractivity (Wildman–Crippen MR) is 92.4 cm³/mol. The first kappa shape index (κ1) is 15.9. The number of carbonyl (C=O) groups is 2. The molecule has 1 aliphatic heterocycles. The number of aromatic nitrogens is 3. The van der Waals surface area contributed by atoms with Gasteiger partial charge in [0.1, 0.15) is 0 Å². The van der Waals surface area contributed by atoms with Crippen LogP contribution in [0.2, 0.25) is 0 Å². The van der Waals surface area contributed by atoms with Crippen molar-refractivity contribution in [3.8, 4) is 22.8 Å². The van der Waals surface area contributed by atoms with E-state index in [0.717, 1.165) is 16.1 Å². The standard InChI is InChI=1S/C18H15N5O3/c1-11-4-2-5-12(10-11)16-20-18(26-22-16)13-6-3-9-19-17(13)21-23-14(24)7-8-15(23)25/h2-6,9-10H,7-8H2,1H3,(H,19,21). The molecule has 3 heterocycles. The summed E-state index contributed by atoms with van der Waals surface area (Å²) in [4.78, 5) is 32.3. The molecule has 130 valence electrons. The largest absolute Gasteiger partial charge is 0.333 e. The molecule has 26 heavy (non-hydrogen) atoms. The number of nitrogens with zero attached hydrogens (tertiary/aromatic N) is 4. The predicted octanol–water partition coefficient (Wildman–Crippen LogP) is 2.58. The zero-order valence-electron chi connectivity index (χ0n) is 14.0. The second-order valence-corrected chi connectivity index (χ2v) is 5.93. The smallest absolute Gasteiger partial charge is 0.262 e. The Morgan fingerprint density at radius 1 is 1.12 bits per heavy atom. The molecule has 1 aromatic carbocycles. The molecule has 0 spiro atoms. The monoisotopic (exact) mass is 349 g/mol. The number of nitrogens with one attached hydrogen (secondary N) is 1. The third-order valence-corrected chi connectivity index (χ3v) is 4.01. The Hall–Kier alpha value is -3.55. The summed E-state index contributed by atoms with van der Waals surface area (Å²) in [5.74, 6) is 0.411. The Morgan fingerprint density at radius 2 is 1.92 bits per heavy atom. The van der Waals surface area contributed by atoms with Crippen LogP contribution in [0.1, 0.15) is 18.4 Å². The second kappa shape index (κ2) is 6.40. The van der Waals surface area contributed by atoms with Gasteiger partial charge in [-0.3, -0.25) is 15.0 Å². The Balaban J connectivity index is 1.67. The van der Waals surface area contributed by atoms with Crippen LogP contribution >= 0.6 is 0 Å². The van der Waals surface area contributed by atoms with E-state index in [2.05, 4.69) is 20.6 Å². The summed E-state index contributed by atoms with van der Waals surface area (Å²) < 4.78 is 5.37. The van der Waals surface area contributed by atoms with Gasteiger partial charge in [-0.25, -0.2) is 4.98 Å². The van der Waals surface area contributed by atoms with Crippen LogP contribution in [0.15, 0.2) is 47.1 Å². The normalized spacial score (nSPS) is 14.1. The lowest BCUT2D eigenvalue weighted by molar-refractivity contribution is -0.136. The minimum atomic E-state index is -0.294. The number of carbonyl (C=O) groups excluding carboxylic acids is 2. The molecule has 0 aliphatic carbocycles. The van der Waals surface area contributed by atoms with E-state index in [1.54, 1.807) is 18.3 Å². The second-order valence-electron chi connectivity index (χ2n) is 5.93. The van der Waals surface area contributed by atoms with Crippen molar-refractivity contribution in [3.05, 3.63) is 48.2 Å². The topological polar surface area (TPSA) is 101 Å². The van der Waals surface area contributed by atoms with Gasteiger partial charge in [-0.15, -0.1) is 0 Å². The van der Waals surface area contributed by atoms with Gasteiger partial charge in [0.2, 0.25) is 17.6 Å². The molecule has 3 aromatic rings. The average molecular weight is 349 g/mol. The molecule has 8 heteroatoms. The minimum absolute atomic E-state index is 0.187. The maximum atomic E-state index is 11.8. The number of pyridine rings is 1. The van der Waals surface area contributed by atoms with E-state index in [4.69, 9.17) is 4.52 Å². The molecule has 1 fully saturated rings. The molecule has 0 radical (unpaired) electrons. The third kappa shape index (κ3) is 2.92. The fraction of sp³-hybridized carbons (Fsp3) is 0.167. The van der Waals surface area contributed by atoms with Crippen LogP contribution in [-0.2, 0) is 9.59 Å². The fourth-order valence-electron chi connectivity index (χ4n) is 2.71. The van der Waals surface area contributed by atoms with Crippen molar-refractivity contribution < 1.29 is 14.1 Å². The fourth-order valence-corrected chi connectivity index (χ4v) is 2.71. The van der Waals surface area contributed by atoms with E-state index in [1.165, 1.54) is 0 Å². The summed E-state index contributed by atoms with van der Waals surface area (Å²) in [7, 11) is 0. The van der Waals surface area contributed by atoms with E-state index >= 15 is 0 Å². The number of benzene rings is 1. The van der Waals surface area contributed by atoms with Crippen molar-refractivity contribution in [1.29, 1.82) is 0 Å². The lowest BCUT2D eigenvalue weighted by atomic mass is 10.1. The van der Waals surface area contributed by atoms with Crippen molar-refractivity contribution in [2.75, 3.05) is 5.43 Å². The van der Waals surface area contributed by atoms with Crippen LogP contribution < -0.4 is 5.43 Å². The third-order valence-electron chi connectivity index (χ3n) is 4.01. The van der Waals surface area contributed by atoms with E-state index in [1.807, 2.05) is 31.2 Å². The molecule has 4 rings (SSSR count). The molecule has 0 bridgehead atoms. The van der Waals surface area contributed by atoms with Crippen molar-refractivity contribution in [3.63, 3.8) is 0 Å². The maximum absolute atomic E-state index is 11.8. The summed E-state index contributed by atoms with van der Waals surface area (Å²) in [6.07, 6.45) is 1.92. The van der Waals surface area contributed by atoms with Gasteiger partial charge in [-0.2, -0.15) is 9.99 Å². The number of hydrazine groups is 1. The van der Waals surface area contributed by atoms with Crippen molar-refractivity contribution >= 4 is 17.6 Å². The van der Waals surface area contributed by atoms with Gasteiger partial charge in [-0.05, 0) is 25.1 Å². The van der Waals surface area contributed by atoms with Crippen LogP contribution in [0, 0.1) is 6.92 Å². The van der Waals surface area contributed by atoms with Gasteiger partial charge in [-0.1, -0.05) is 28.9 Å². The Morgan fingerprint density at radius 3 is 2.69 bits per heavy atom. The van der Waals surface area contributed by atoms with Crippen molar-refractivity contribution in [1.82, 2.24) is 20.1 Å². The number of imide groups is 1. The molecule has 0 unspecified atom stereocenters. The molecule has 0 saturated carbocycles. The van der Waals surface area contributed by atoms with Gasteiger partial charge in [0.15, 0.2) is 5.82 Å². The number of amides is 2. The van der Waals surface area contributed by atoms with Gasteiger partial charge in [0.05, 0.1) is 5.56 Å². The Labute approximate surface area is 148 Å². The first-order valence-corrected chi connectivity index (χ1v) is 8.10. The Bertz CT molecular complexity index is 982. The summed E-state index contributed by atoms with van der Waals surface area (Å²) in [6, 6.07) is 11.2. The molecule has 1 aliphatic rings. The van der Waals surface area contributed by atoms with E-state index in [9.17, 15) is 9.59 Å². The number of hydrogen-bond donors (Lipinski definition) is 1. The highest BCUT2D eigenvalue weighted by Gasteiger charge is 2.30. The lowest BCUT2D eigenvalue weighted by Crippen LogP contribution is -2.35.